The zero-order valence-corrected chi connectivity index (χ0v) is 13.4. The van der Waals surface area contributed by atoms with Gasteiger partial charge in [-0.25, -0.2) is 0 Å². The smallest absolute Gasteiger partial charge is 0.0658 e. The summed E-state index contributed by atoms with van der Waals surface area (Å²) in [5, 5.41) is 3.94. The summed E-state index contributed by atoms with van der Waals surface area (Å²) in [5.74, 6) is 0.904. The van der Waals surface area contributed by atoms with Crippen molar-refractivity contribution in [1.82, 2.24) is 5.32 Å². The summed E-state index contributed by atoms with van der Waals surface area (Å²) in [5.41, 5.74) is 0.346. The minimum atomic E-state index is 0.346. The minimum absolute atomic E-state index is 0.346. The van der Waals surface area contributed by atoms with E-state index in [2.05, 4.69) is 33.0 Å². The van der Waals surface area contributed by atoms with Crippen molar-refractivity contribution < 1.29 is 4.74 Å². The van der Waals surface area contributed by atoms with Gasteiger partial charge < -0.3 is 10.1 Å². The predicted molar refractivity (Wildman–Crippen MR) is 81.4 cm³/mol. The van der Waals surface area contributed by atoms with Crippen LogP contribution in [0.25, 0.3) is 0 Å². The molecular weight excluding hydrogens is 234 g/mol. The van der Waals surface area contributed by atoms with E-state index in [1.807, 2.05) is 0 Å². The second-order valence-corrected chi connectivity index (χ2v) is 6.95. The van der Waals surface area contributed by atoms with E-state index in [-0.39, 0.29) is 0 Å². The third-order valence-corrected chi connectivity index (χ3v) is 5.93. The van der Waals surface area contributed by atoms with Gasteiger partial charge in [-0.15, -0.1) is 0 Å². The van der Waals surface area contributed by atoms with Gasteiger partial charge in [0.1, 0.15) is 0 Å². The highest BCUT2D eigenvalue weighted by Gasteiger charge is 2.51. The fourth-order valence-electron chi connectivity index (χ4n) is 4.10. The normalized spacial score (nSPS) is 37.9. The van der Waals surface area contributed by atoms with Gasteiger partial charge in [-0.05, 0) is 45.4 Å². The van der Waals surface area contributed by atoms with Crippen molar-refractivity contribution in [2.24, 2.45) is 11.3 Å². The zero-order chi connectivity index (χ0) is 13.9. The minimum Gasteiger partial charge on any atom is -0.378 e. The van der Waals surface area contributed by atoms with Crippen LogP contribution in [0.1, 0.15) is 72.6 Å². The third kappa shape index (κ3) is 3.16. The van der Waals surface area contributed by atoms with Crippen molar-refractivity contribution in [1.29, 1.82) is 0 Å². The first-order chi connectivity index (χ1) is 9.11. The Morgan fingerprint density at radius 1 is 1.21 bits per heavy atom. The quantitative estimate of drug-likeness (QED) is 0.781. The van der Waals surface area contributed by atoms with Crippen LogP contribution in [-0.4, -0.2) is 24.8 Å². The molecule has 0 aromatic rings. The highest BCUT2D eigenvalue weighted by molar-refractivity contribution is 5.05. The first-order valence-electron chi connectivity index (χ1n) is 8.49. The van der Waals surface area contributed by atoms with Gasteiger partial charge in [0.05, 0.1) is 6.10 Å². The molecule has 19 heavy (non-hydrogen) atoms. The maximum Gasteiger partial charge on any atom is 0.0658 e. The molecule has 2 fully saturated rings. The van der Waals surface area contributed by atoms with Gasteiger partial charge in [0.2, 0.25) is 0 Å². The zero-order valence-electron chi connectivity index (χ0n) is 13.4. The van der Waals surface area contributed by atoms with Crippen LogP contribution in [0.5, 0.6) is 0 Å². The molecule has 4 atom stereocenters. The van der Waals surface area contributed by atoms with Crippen molar-refractivity contribution >= 4 is 0 Å². The van der Waals surface area contributed by atoms with Crippen LogP contribution < -0.4 is 5.32 Å². The van der Waals surface area contributed by atoms with E-state index >= 15 is 0 Å². The summed E-state index contributed by atoms with van der Waals surface area (Å²) in [6.45, 7) is 10.1. The third-order valence-electron chi connectivity index (χ3n) is 5.93. The molecule has 2 nitrogen and oxygen atoms in total. The molecule has 0 radical (unpaired) electrons. The van der Waals surface area contributed by atoms with E-state index in [4.69, 9.17) is 4.74 Å². The molecule has 3 unspecified atom stereocenters. The molecule has 112 valence electrons. The van der Waals surface area contributed by atoms with Crippen LogP contribution in [-0.2, 0) is 4.74 Å². The van der Waals surface area contributed by atoms with E-state index in [1.54, 1.807) is 0 Å². The highest BCUT2D eigenvalue weighted by Crippen LogP contribution is 2.46. The van der Waals surface area contributed by atoms with Crippen LogP contribution in [0.3, 0.4) is 0 Å². The van der Waals surface area contributed by atoms with Gasteiger partial charge in [0.25, 0.3) is 0 Å². The number of rotatable bonds is 6. The predicted octanol–water partition coefficient (Wildman–Crippen LogP) is 4.14. The van der Waals surface area contributed by atoms with Crippen LogP contribution >= 0.6 is 0 Å². The second kappa shape index (κ2) is 6.58. The molecule has 2 aliphatic rings. The average Bonchev–Trinajstić information content (AvgIpc) is 2.46. The number of hydrogen-bond donors (Lipinski definition) is 1. The average molecular weight is 267 g/mol. The summed E-state index contributed by atoms with van der Waals surface area (Å²) in [7, 11) is 0. The molecule has 0 aromatic heterocycles. The van der Waals surface area contributed by atoms with Crippen LogP contribution in [0.2, 0.25) is 0 Å². The summed E-state index contributed by atoms with van der Waals surface area (Å²) in [6.07, 6.45) is 10.1. The first kappa shape index (κ1) is 15.3. The Hall–Kier alpha value is -0.0800. The Morgan fingerprint density at radius 3 is 2.47 bits per heavy atom. The van der Waals surface area contributed by atoms with Gasteiger partial charge in [-0.3, -0.25) is 0 Å². The summed E-state index contributed by atoms with van der Waals surface area (Å²) < 4.78 is 5.90. The largest absolute Gasteiger partial charge is 0.378 e. The molecule has 1 N–H and O–H groups in total. The molecule has 0 heterocycles. The van der Waals surface area contributed by atoms with E-state index in [0.717, 1.165) is 12.5 Å². The molecular formula is C17H33NO. The molecule has 0 aromatic carbocycles. The van der Waals surface area contributed by atoms with E-state index < -0.39 is 0 Å². The number of hydrogen-bond acceptors (Lipinski definition) is 2. The van der Waals surface area contributed by atoms with Gasteiger partial charge >= 0.3 is 0 Å². The van der Waals surface area contributed by atoms with E-state index in [9.17, 15) is 0 Å². The van der Waals surface area contributed by atoms with Crippen LogP contribution in [0.15, 0.2) is 0 Å². The molecule has 2 saturated carbocycles. The standard InChI is InChI=1S/C17H33NO/c1-5-17(4)15(12-16(17)19-6-2)18-13(3)14-10-8-7-9-11-14/h13-16,18H,5-12H2,1-4H3/t13-,15?,16?,17?/m1/s1. The van der Waals surface area contributed by atoms with Crippen LogP contribution in [0.4, 0.5) is 0 Å². The summed E-state index contributed by atoms with van der Waals surface area (Å²) in [4.78, 5) is 0. The second-order valence-electron chi connectivity index (χ2n) is 6.95. The van der Waals surface area contributed by atoms with Crippen molar-refractivity contribution in [3.8, 4) is 0 Å². The summed E-state index contributed by atoms with van der Waals surface area (Å²) in [6, 6.07) is 1.34. The molecule has 0 spiro atoms. The van der Waals surface area contributed by atoms with Gasteiger partial charge in [-0.2, -0.15) is 0 Å². The monoisotopic (exact) mass is 267 g/mol. The lowest BCUT2D eigenvalue weighted by molar-refractivity contribution is -0.129. The maximum atomic E-state index is 5.90. The van der Waals surface area contributed by atoms with Crippen LogP contribution in [0, 0.1) is 11.3 Å². The Bertz CT molecular complexity index is 274. The highest BCUT2D eigenvalue weighted by atomic mass is 16.5. The van der Waals surface area contributed by atoms with E-state index in [1.165, 1.54) is 44.9 Å². The van der Waals surface area contributed by atoms with Gasteiger partial charge in [0, 0.05) is 24.1 Å². The van der Waals surface area contributed by atoms with Gasteiger partial charge in [-0.1, -0.05) is 33.1 Å². The number of nitrogens with one attached hydrogen (secondary N) is 1. The van der Waals surface area contributed by atoms with Crippen molar-refractivity contribution in [3.05, 3.63) is 0 Å². The SMILES string of the molecule is CCOC1CC(N[C@H](C)C2CCCCC2)C1(C)CC. The lowest BCUT2D eigenvalue weighted by Crippen LogP contribution is -2.64. The van der Waals surface area contributed by atoms with Crippen molar-refractivity contribution in [2.45, 2.75) is 90.8 Å². The van der Waals surface area contributed by atoms with Crippen molar-refractivity contribution in [3.63, 3.8) is 0 Å². The lowest BCUT2D eigenvalue weighted by Gasteiger charge is -2.55. The molecule has 2 rings (SSSR count). The fourth-order valence-corrected chi connectivity index (χ4v) is 4.10. The molecule has 2 heteroatoms. The molecule has 0 bridgehead atoms. The lowest BCUT2D eigenvalue weighted by atomic mass is 9.61. The molecule has 0 saturated heterocycles. The Morgan fingerprint density at radius 2 is 1.89 bits per heavy atom. The van der Waals surface area contributed by atoms with E-state index in [0.29, 0.717) is 23.6 Å². The van der Waals surface area contributed by atoms with Gasteiger partial charge in [0.15, 0.2) is 0 Å². The Labute approximate surface area is 119 Å². The first-order valence-corrected chi connectivity index (χ1v) is 8.49. The molecule has 0 amide bonds. The number of ether oxygens (including phenoxy) is 1. The Balaban J connectivity index is 1.85. The Kier molecular flexibility index (Phi) is 5.30. The maximum absolute atomic E-state index is 5.90. The molecule has 0 aliphatic heterocycles. The summed E-state index contributed by atoms with van der Waals surface area (Å²) >= 11 is 0. The fraction of sp³-hybridized carbons (Fsp3) is 1.00. The van der Waals surface area contributed by atoms with Crippen molar-refractivity contribution in [2.75, 3.05) is 6.61 Å². The molecule has 2 aliphatic carbocycles. The topological polar surface area (TPSA) is 21.3 Å².